The van der Waals surface area contributed by atoms with Crippen molar-refractivity contribution in [3.8, 4) is 0 Å². The van der Waals surface area contributed by atoms with Crippen LogP contribution in [0.2, 0.25) is 0 Å². The fourth-order valence-corrected chi connectivity index (χ4v) is 0.846. The first-order valence-electron chi connectivity index (χ1n) is 3.12. The van der Waals surface area contributed by atoms with E-state index in [4.69, 9.17) is 10.2 Å². The molecule has 1 aliphatic carbocycles. The van der Waals surface area contributed by atoms with Gasteiger partial charge in [0.05, 0.1) is 0 Å². The van der Waals surface area contributed by atoms with Crippen LogP contribution in [-0.4, -0.2) is 33.0 Å². The highest BCUT2D eigenvalue weighted by Gasteiger charge is 2.42. The van der Waals surface area contributed by atoms with Gasteiger partial charge in [0, 0.05) is 6.42 Å². The molecular weight excluding hydrogens is 148 g/mol. The van der Waals surface area contributed by atoms with Gasteiger partial charge in [-0.3, -0.25) is 0 Å². The van der Waals surface area contributed by atoms with Crippen LogP contribution in [-0.2, 0) is 4.79 Å². The fraction of sp³-hybridized carbons (Fsp3) is 0.429. The minimum absolute atomic E-state index is 0.111. The highest BCUT2D eigenvalue weighted by molar-refractivity contribution is 5.79. The molecule has 0 aromatic heterocycles. The lowest BCUT2D eigenvalue weighted by molar-refractivity contribution is -0.167. The number of carbonyl (C=O) groups is 1. The highest BCUT2D eigenvalue weighted by atomic mass is 16.4. The average Bonchev–Trinajstić information content (AvgIpc) is 1.95. The topological polar surface area (TPSA) is 77.8 Å². The summed E-state index contributed by atoms with van der Waals surface area (Å²) in [5, 5.41) is 26.8. The molecule has 4 heteroatoms. The SMILES string of the molecule is O=C(O)C1(O)CC=C=CC1O. The molecule has 1 rings (SSSR count). The largest absolute Gasteiger partial charge is 0.479 e. The number of aliphatic hydroxyl groups is 2. The molecule has 3 N–H and O–H groups in total. The predicted molar refractivity (Wildman–Crippen MR) is 35.9 cm³/mol. The van der Waals surface area contributed by atoms with Gasteiger partial charge in [0.25, 0.3) is 0 Å². The van der Waals surface area contributed by atoms with Gasteiger partial charge < -0.3 is 15.3 Å². The van der Waals surface area contributed by atoms with E-state index in [0.29, 0.717) is 0 Å². The van der Waals surface area contributed by atoms with Crippen LogP contribution in [0.5, 0.6) is 0 Å². The van der Waals surface area contributed by atoms with E-state index in [0.717, 1.165) is 6.08 Å². The number of hydrogen-bond acceptors (Lipinski definition) is 3. The molecule has 0 bridgehead atoms. The van der Waals surface area contributed by atoms with Crippen molar-refractivity contribution in [2.24, 2.45) is 0 Å². The minimum atomic E-state index is -2.06. The van der Waals surface area contributed by atoms with Crippen molar-refractivity contribution in [3.05, 3.63) is 17.9 Å². The third-order valence-electron chi connectivity index (χ3n) is 1.64. The van der Waals surface area contributed by atoms with Gasteiger partial charge in [0.1, 0.15) is 6.10 Å². The van der Waals surface area contributed by atoms with Crippen molar-refractivity contribution in [3.63, 3.8) is 0 Å². The van der Waals surface area contributed by atoms with Gasteiger partial charge in [-0.05, 0) is 12.2 Å². The zero-order chi connectivity index (χ0) is 8.48. The van der Waals surface area contributed by atoms with Crippen LogP contribution in [0, 0.1) is 0 Å². The molecule has 0 aromatic rings. The van der Waals surface area contributed by atoms with Gasteiger partial charge in [0.15, 0.2) is 5.60 Å². The van der Waals surface area contributed by atoms with Crippen LogP contribution >= 0.6 is 0 Å². The standard InChI is InChI=1S/C7H8O4/c8-5-3-1-2-4-7(5,11)6(9)10/h2-3,5,8,11H,4H2,(H,9,10). The summed E-state index contributed by atoms with van der Waals surface area (Å²) < 4.78 is 0. The van der Waals surface area contributed by atoms with Gasteiger partial charge in [-0.2, -0.15) is 0 Å². The summed E-state index contributed by atoms with van der Waals surface area (Å²) in [6.07, 6.45) is 1.02. The second kappa shape index (κ2) is 2.51. The molecule has 11 heavy (non-hydrogen) atoms. The summed E-state index contributed by atoms with van der Waals surface area (Å²) >= 11 is 0. The highest BCUT2D eigenvalue weighted by Crippen LogP contribution is 2.20. The summed E-state index contributed by atoms with van der Waals surface area (Å²) in [6, 6.07) is 0. The van der Waals surface area contributed by atoms with Crippen LogP contribution in [0.1, 0.15) is 6.42 Å². The zero-order valence-electron chi connectivity index (χ0n) is 5.69. The molecule has 0 saturated heterocycles. The molecule has 4 nitrogen and oxygen atoms in total. The van der Waals surface area contributed by atoms with Crippen LogP contribution in [0.4, 0.5) is 0 Å². The minimum Gasteiger partial charge on any atom is -0.479 e. The molecule has 1 aliphatic rings. The lowest BCUT2D eigenvalue weighted by Crippen LogP contribution is -2.49. The Hall–Kier alpha value is -1.09. The Balaban J connectivity index is 2.91. The molecule has 2 atom stereocenters. The van der Waals surface area contributed by atoms with Crippen molar-refractivity contribution in [1.82, 2.24) is 0 Å². The van der Waals surface area contributed by atoms with E-state index in [9.17, 15) is 9.90 Å². The lowest BCUT2D eigenvalue weighted by atomic mass is 9.90. The molecule has 0 saturated carbocycles. The lowest BCUT2D eigenvalue weighted by Gasteiger charge is -2.26. The van der Waals surface area contributed by atoms with Crippen molar-refractivity contribution < 1.29 is 20.1 Å². The smallest absolute Gasteiger partial charge is 0.339 e. The zero-order valence-corrected chi connectivity index (χ0v) is 5.69. The number of aliphatic hydroxyl groups excluding tert-OH is 1. The summed E-state index contributed by atoms with van der Waals surface area (Å²) in [4.78, 5) is 10.4. The maximum Gasteiger partial charge on any atom is 0.339 e. The van der Waals surface area contributed by atoms with Crippen molar-refractivity contribution in [2.75, 3.05) is 0 Å². The van der Waals surface area contributed by atoms with Gasteiger partial charge >= 0.3 is 5.97 Å². The Labute approximate surface area is 63.1 Å². The van der Waals surface area contributed by atoms with Gasteiger partial charge in [-0.25, -0.2) is 4.79 Å². The molecular formula is C7H8O4. The molecule has 60 valence electrons. The van der Waals surface area contributed by atoms with Gasteiger partial charge in [-0.15, -0.1) is 5.73 Å². The second-order valence-electron chi connectivity index (χ2n) is 2.42. The number of aliphatic carboxylic acids is 1. The molecule has 0 spiro atoms. The Kier molecular flexibility index (Phi) is 1.83. The van der Waals surface area contributed by atoms with E-state index in [-0.39, 0.29) is 6.42 Å². The summed E-state index contributed by atoms with van der Waals surface area (Å²) in [6.45, 7) is 0. The monoisotopic (exact) mass is 156 g/mol. The number of hydrogen-bond donors (Lipinski definition) is 3. The van der Waals surface area contributed by atoms with Crippen LogP contribution in [0.25, 0.3) is 0 Å². The van der Waals surface area contributed by atoms with E-state index >= 15 is 0 Å². The molecule has 0 heterocycles. The molecule has 2 unspecified atom stereocenters. The normalized spacial score (nSPS) is 35.6. The van der Waals surface area contributed by atoms with Gasteiger partial charge in [0.2, 0.25) is 0 Å². The van der Waals surface area contributed by atoms with E-state index in [1.165, 1.54) is 6.08 Å². The molecule has 0 fully saturated rings. The Morgan fingerprint density at radius 3 is 2.73 bits per heavy atom. The maximum absolute atomic E-state index is 10.4. The van der Waals surface area contributed by atoms with E-state index in [1.807, 2.05) is 0 Å². The van der Waals surface area contributed by atoms with Crippen LogP contribution < -0.4 is 0 Å². The number of carboxylic acids is 1. The van der Waals surface area contributed by atoms with Crippen LogP contribution in [0.15, 0.2) is 17.9 Å². The molecule has 0 amide bonds. The molecule has 0 aliphatic heterocycles. The third kappa shape index (κ3) is 1.19. The van der Waals surface area contributed by atoms with E-state index in [2.05, 4.69) is 5.73 Å². The summed E-state index contributed by atoms with van der Waals surface area (Å²) in [7, 11) is 0. The summed E-state index contributed by atoms with van der Waals surface area (Å²) in [5.74, 6) is -1.42. The van der Waals surface area contributed by atoms with Crippen molar-refractivity contribution >= 4 is 5.97 Å². The Morgan fingerprint density at radius 1 is 1.73 bits per heavy atom. The maximum atomic E-state index is 10.4. The average molecular weight is 156 g/mol. The number of rotatable bonds is 1. The van der Waals surface area contributed by atoms with Crippen molar-refractivity contribution in [1.29, 1.82) is 0 Å². The van der Waals surface area contributed by atoms with Crippen LogP contribution in [0.3, 0.4) is 0 Å². The molecule has 0 aromatic carbocycles. The summed E-state index contributed by atoms with van der Waals surface area (Å²) in [5.41, 5.74) is 0.457. The second-order valence-corrected chi connectivity index (χ2v) is 2.42. The number of carboxylic acid groups (broad SMARTS) is 1. The van der Waals surface area contributed by atoms with E-state index < -0.39 is 17.7 Å². The first kappa shape index (κ1) is 8.01. The Bertz CT molecular complexity index is 239. The third-order valence-corrected chi connectivity index (χ3v) is 1.64. The first-order valence-corrected chi connectivity index (χ1v) is 3.12. The quantitative estimate of drug-likeness (QED) is 0.438. The van der Waals surface area contributed by atoms with Crippen molar-refractivity contribution in [2.45, 2.75) is 18.1 Å². The van der Waals surface area contributed by atoms with Gasteiger partial charge in [-0.1, -0.05) is 0 Å². The predicted octanol–water partition coefficient (Wildman–Crippen LogP) is -0.722. The Morgan fingerprint density at radius 2 is 2.36 bits per heavy atom. The molecule has 0 radical (unpaired) electrons. The van der Waals surface area contributed by atoms with E-state index in [1.54, 1.807) is 0 Å². The first-order chi connectivity index (χ1) is 5.07. The fourth-order valence-electron chi connectivity index (χ4n) is 0.846.